The van der Waals surface area contributed by atoms with Crippen LogP contribution in [0, 0.1) is 5.92 Å². The van der Waals surface area contributed by atoms with E-state index in [9.17, 15) is 4.79 Å². The van der Waals surface area contributed by atoms with E-state index in [1.54, 1.807) is 24.3 Å². The highest BCUT2D eigenvalue weighted by Crippen LogP contribution is 2.19. The minimum absolute atomic E-state index is 0.0724. The molecule has 0 aromatic heterocycles. The minimum Gasteiger partial charge on any atom is -0.481 e. The van der Waals surface area contributed by atoms with Gasteiger partial charge in [-0.2, -0.15) is 0 Å². The number of hydrogen-bond acceptors (Lipinski definition) is 2. The Balaban J connectivity index is 2.79. The molecule has 0 unspecified atom stereocenters. The van der Waals surface area contributed by atoms with Crippen molar-refractivity contribution in [2.24, 2.45) is 11.0 Å². The van der Waals surface area contributed by atoms with Gasteiger partial charge in [-0.15, -0.1) is 0 Å². The average Bonchev–Trinajstić information content (AvgIpc) is 2.26. The van der Waals surface area contributed by atoms with E-state index < -0.39 is 11.9 Å². The molecule has 5 nitrogen and oxygen atoms in total. The zero-order chi connectivity index (χ0) is 12.0. The molecule has 0 radical (unpaired) electrons. The number of carboxylic acids is 1. The molecule has 0 heterocycles. The minimum atomic E-state index is -0.993. The maximum absolute atomic E-state index is 10.9. The van der Waals surface area contributed by atoms with Crippen LogP contribution in [0.3, 0.4) is 0 Å². The van der Waals surface area contributed by atoms with Gasteiger partial charge in [0.05, 0.1) is 5.92 Å². The number of aliphatic carboxylic acids is 1. The second-order valence-electron chi connectivity index (χ2n) is 3.24. The van der Waals surface area contributed by atoms with Crippen LogP contribution in [-0.2, 0) is 11.2 Å². The van der Waals surface area contributed by atoms with Gasteiger partial charge in [0.1, 0.15) is 0 Å². The average molecular weight is 240 g/mol. The fourth-order valence-corrected chi connectivity index (χ4v) is 1.51. The van der Waals surface area contributed by atoms with Crippen LogP contribution in [0.15, 0.2) is 29.4 Å². The molecule has 1 aromatic rings. The van der Waals surface area contributed by atoms with Gasteiger partial charge < -0.3 is 5.11 Å². The van der Waals surface area contributed by atoms with Gasteiger partial charge in [0, 0.05) is 16.5 Å². The Hall–Kier alpha value is -1.71. The number of carboxylic acid groups (broad SMARTS) is 1. The third kappa shape index (κ3) is 3.46. The first-order valence-corrected chi connectivity index (χ1v) is 5.00. The second-order valence-corrected chi connectivity index (χ2v) is 3.65. The topological polar surface area (TPSA) is 86.1 Å². The largest absolute Gasteiger partial charge is 0.481 e. The molecule has 0 aliphatic heterocycles. The summed E-state index contributed by atoms with van der Waals surface area (Å²) in [5, 5.41) is 12.7. The molecule has 1 aromatic carbocycles. The molecule has 0 amide bonds. The highest BCUT2D eigenvalue weighted by atomic mass is 35.5. The van der Waals surface area contributed by atoms with E-state index >= 15 is 0 Å². The number of hydrogen-bond donors (Lipinski definition) is 1. The first-order chi connectivity index (χ1) is 7.65. The highest BCUT2D eigenvalue weighted by Gasteiger charge is 2.18. The lowest BCUT2D eigenvalue weighted by atomic mass is 10.00. The molecule has 6 heteroatoms. The van der Waals surface area contributed by atoms with Crippen LogP contribution < -0.4 is 0 Å². The lowest BCUT2D eigenvalue weighted by molar-refractivity contribution is -0.141. The normalized spacial score (nSPS) is 11.6. The Morgan fingerprint density at radius 3 is 2.81 bits per heavy atom. The van der Waals surface area contributed by atoms with Gasteiger partial charge in [-0.1, -0.05) is 34.9 Å². The molecule has 0 bridgehead atoms. The van der Waals surface area contributed by atoms with Crippen molar-refractivity contribution in [3.63, 3.8) is 0 Å². The second kappa shape index (κ2) is 6.00. The molecule has 1 atom stereocenters. The summed E-state index contributed by atoms with van der Waals surface area (Å²) in [7, 11) is 0. The zero-order valence-corrected chi connectivity index (χ0v) is 9.13. The predicted molar refractivity (Wildman–Crippen MR) is 60.3 cm³/mol. The highest BCUT2D eigenvalue weighted by molar-refractivity contribution is 6.31. The van der Waals surface area contributed by atoms with Gasteiger partial charge in [-0.25, -0.2) is 0 Å². The Morgan fingerprint density at radius 2 is 2.25 bits per heavy atom. The number of halogens is 1. The first kappa shape index (κ1) is 12.4. The molecule has 16 heavy (non-hydrogen) atoms. The Kier molecular flexibility index (Phi) is 4.64. The van der Waals surface area contributed by atoms with Crippen LogP contribution in [0.25, 0.3) is 10.4 Å². The summed E-state index contributed by atoms with van der Waals surface area (Å²) in [6.07, 6.45) is 0.258. The molecule has 0 saturated carbocycles. The van der Waals surface area contributed by atoms with E-state index in [4.69, 9.17) is 22.2 Å². The van der Waals surface area contributed by atoms with Gasteiger partial charge in [-0.05, 0) is 23.6 Å². The molecular formula is C10H10ClN3O2. The summed E-state index contributed by atoms with van der Waals surface area (Å²) in [4.78, 5) is 13.4. The third-order valence-electron chi connectivity index (χ3n) is 2.14. The Bertz CT molecular complexity index is 430. The van der Waals surface area contributed by atoms with Gasteiger partial charge in [-0.3, -0.25) is 4.79 Å². The van der Waals surface area contributed by atoms with Crippen molar-refractivity contribution in [1.29, 1.82) is 0 Å². The van der Waals surface area contributed by atoms with Crippen LogP contribution in [0.5, 0.6) is 0 Å². The fraction of sp³-hybridized carbons (Fsp3) is 0.300. The van der Waals surface area contributed by atoms with E-state index in [-0.39, 0.29) is 13.0 Å². The van der Waals surface area contributed by atoms with Gasteiger partial charge in [0.25, 0.3) is 0 Å². The van der Waals surface area contributed by atoms with E-state index in [1.165, 1.54) is 0 Å². The summed E-state index contributed by atoms with van der Waals surface area (Å²) in [6.45, 7) is -0.0724. The van der Waals surface area contributed by atoms with Crippen molar-refractivity contribution < 1.29 is 9.90 Å². The van der Waals surface area contributed by atoms with E-state index in [0.717, 1.165) is 5.56 Å². The predicted octanol–water partition coefficient (Wildman–Crippen LogP) is 2.89. The van der Waals surface area contributed by atoms with Crippen molar-refractivity contribution in [3.8, 4) is 0 Å². The fourth-order valence-electron chi connectivity index (χ4n) is 1.29. The zero-order valence-electron chi connectivity index (χ0n) is 8.38. The lowest BCUT2D eigenvalue weighted by Gasteiger charge is -2.10. The number of azide groups is 1. The molecule has 0 aliphatic carbocycles. The van der Waals surface area contributed by atoms with Gasteiger partial charge in [0.15, 0.2) is 0 Å². The quantitative estimate of drug-likeness (QED) is 0.487. The molecule has 0 spiro atoms. The monoisotopic (exact) mass is 239 g/mol. The number of benzene rings is 1. The summed E-state index contributed by atoms with van der Waals surface area (Å²) in [5.41, 5.74) is 8.90. The summed E-state index contributed by atoms with van der Waals surface area (Å²) < 4.78 is 0. The van der Waals surface area contributed by atoms with Crippen molar-refractivity contribution in [3.05, 3.63) is 45.3 Å². The van der Waals surface area contributed by atoms with Crippen molar-refractivity contribution in [1.82, 2.24) is 0 Å². The SMILES string of the molecule is [N-]=[N+]=NC[C@@H](Cc1ccccc1Cl)C(=O)O. The van der Waals surface area contributed by atoms with Crippen LogP contribution in [-0.4, -0.2) is 17.6 Å². The molecule has 1 N–H and O–H groups in total. The lowest BCUT2D eigenvalue weighted by Crippen LogP contribution is -2.19. The van der Waals surface area contributed by atoms with Crippen molar-refractivity contribution >= 4 is 17.6 Å². The first-order valence-electron chi connectivity index (χ1n) is 4.62. The van der Waals surface area contributed by atoms with Crippen molar-refractivity contribution in [2.75, 3.05) is 6.54 Å². The van der Waals surface area contributed by atoms with Gasteiger partial charge >= 0.3 is 5.97 Å². The maximum Gasteiger partial charge on any atom is 0.306 e. The number of carbonyl (C=O) groups is 1. The Labute approximate surface area is 97.3 Å². The van der Waals surface area contributed by atoms with E-state index in [1.807, 2.05) is 0 Å². The maximum atomic E-state index is 10.9. The number of nitrogens with zero attached hydrogens (tertiary/aromatic N) is 3. The van der Waals surface area contributed by atoms with Crippen LogP contribution in [0.1, 0.15) is 5.56 Å². The summed E-state index contributed by atoms with van der Waals surface area (Å²) >= 11 is 5.91. The molecule has 84 valence electrons. The molecule has 0 fully saturated rings. The standard InChI is InChI=1S/C10H10ClN3O2/c11-9-4-2-1-3-7(9)5-8(10(15)16)6-13-14-12/h1-4,8H,5-6H2,(H,15,16)/t8-/m1/s1. The van der Waals surface area contributed by atoms with Crippen LogP contribution in [0.4, 0.5) is 0 Å². The smallest absolute Gasteiger partial charge is 0.306 e. The van der Waals surface area contributed by atoms with E-state index in [2.05, 4.69) is 10.0 Å². The molecular weight excluding hydrogens is 230 g/mol. The van der Waals surface area contributed by atoms with Gasteiger partial charge in [0.2, 0.25) is 0 Å². The van der Waals surface area contributed by atoms with Crippen LogP contribution >= 0.6 is 11.6 Å². The summed E-state index contributed by atoms with van der Waals surface area (Å²) in [6, 6.07) is 7.01. The Morgan fingerprint density at radius 1 is 1.56 bits per heavy atom. The van der Waals surface area contributed by atoms with Crippen LogP contribution in [0.2, 0.25) is 5.02 Å². The van der Waals surface area contributed by atoms with Crippen molar-refractivity contribution in [2.45, 2.75) is 6.42 Å². The molecule has 1 rings (SSSR count). The summed E-state index contributed by atoms with van der Waals surface area (Å²) in [5.74, 6) is -1.73. The molecule has 0 aliphatic rings. The third-order valence-corrected chi connectivity index (χ3v) is 2.51. The van der Waals surface area contributed by atoms with E-state index in [0.29, 0.717) is 5.02 Å². The molecule has 0 saturated heterocycles. The number of rotatable bonds is 5.